The molecule has 0 aliphatic carbocycles. The smallest absolute Gasteiger partial charge is 0.149 e. The molecular weight excluding hydrogens is 262 g/mol. The first-order valence-corrected chi connectivity index (χ1v) is 7.96. The average Bonchev–Trinajstić information content (AvgIpc) is 2.35. The van der Waals surface area contributed by atoms with Crippen LogP contribution in [0.4, 0.5) is 11.4 Å². The summed E-state index contributed by atoms with van der Waals surface area (Å²) in [4.78, 5) is 6.12. The van der Waals surface area contributed by atoms with Crippen molar-refractivity contribution in [2.75, 3.05) is 36.2 Å². The highest BCUT2D eigenvalue weighted by molar-refractivity contribution is 7.90. The molecule has 1 aromatic carbocycles. The quantitative estimate of drug-likeness (QED) is 0.913. The van der Waals surface area contributed by atoms with Crippen molar-refractivity contribution < 1.29 is 8.42 Å². The van der Waals surface area contributed by atoms with Crippen molar-refractivity contribution in [2.24, 2.45) is 0 Å². The zero-order valence-electron chi connectivity index (χ0n) is 11.0. The van der Waals surface area contributed by atoms with E-state index in [4.69, 9.17) is 5.73 Å². The monoisotopic (exact) mass is 279 g/mol. The number of aromatic nitrogens is 1. The highest BCUT2D eigenvalue weighted by Gasteiger charge is 2.12. The second-order valence-electron chi connectivity index (χ2n) is 4.63. The van der Waals surface area contributed by atoms with Crippen LogP contribution in [-0.2, 0) is 9.84 Å². The van der Waals surface area contributed by atoms with Gasteiger partial charge in [-0.15, -0.1) is 0 Å². The zero-order valence-corrected chi connectivity index (χ0v) is 11.8. The topological polar surface area (TPSA) is 76.3 Å². The third-order valence-corrected chi connectivity index (χ3v) is 3.88. The predicted molar refractivity (Wildman–Crippen MR) is 79.1 cm³/mol. The molecule has 1 heterocycles. The van der Waals surface area contributed by atoms with Gasteiger partial charge in [0.1, 0.15) is 9.84 Å². The van der Waals surface area contributed by atoms with Crippen molar-refractivity contribution in [3.05, 3.63) is 30.5 Å². The first-order chi connectivity index (χ1) is 8.88. The van der Waals surface area contributed by atoms with Gasteiger partial charge in [-0.3, -0.25) is 4.98 Å². The summed E-state index contributed by atoms with van der Waals surface area (Å²) in [7, 11) is -1.15. The van der Waals surface area contributed by atoms with Crippen LogP contribution in [0.5, 0.6) is 0 Å². The van der Waals surface area contributed by atoms with E-state index in [1.54, 1.807) is 6.20 Å². The Morgan fingerprint density at radius 3 is 2.68 bits per heavy atom. The van der Waals surface area contributed by atoms with Crippen molar-refractivity contribution in [3.8, 4) is 0 Å². The summed E-state index contributed by atoms with van der Waals surface area (Å²) in [5, 5.41) is 0.929. The van der Waals surface area contributed by atoms with Gasteiger partial charge in [0.2, 0.25) is 0 Å². The molecule has 0 fully saturated rings. The van der Waals surface area contributed by atoms with Crippen LogP contribution in [0, 0.1) is 0 Å². The molecule has 0 atom stereocenters. The van der Waals surface area contributed by atoms with Gasteiger partial charge in [-0.1, -0.05) is 18.2 Å². The van der Waals surface area contributed by atoms with Crippen LogP contribution in [-0.4, -0.2) is 39.0 Å². The number of nitrogens with two attached hydrogens (primary N) is 1. The molecule has 0 aliphatic rings. The molecule has 2 N–H and O–H groups in total. The Labute approximate surface area is 113 Å². The molecule has 0 saturated heterocycles. The number of rotatable bonds is 4. The first-order valence-electron chi connectivity index (χ1n) is 5.90. The van der Waals surface area contributed by atoms with E-state index in [-0.39, 0.29) is 5.75 Å². The third-order valence-electron chi connectivity index (χ3n) is 2.95. The van der Waals surface area contributed by atoms with Crippen molar-refractivity contribution in [1.82, 2.24) is 4.98 Å². The lowest BCUT2D eigenvalue weighted by molar-refractivity contribution is 0.601. The van der Waals surface area contributed by atoms with E-state index >= 15 is 0 Å². The number of nitrogens with zero attached hydrogens (tertiary/aromatic N) is 2. The predicted octanol–water partition coefficient (Wildman–Crippen LogP) is 1.30. The number of para-hydroxylation sites is 1. The zero-order chi connectivity index (χ0) is 14.0. The van der Waals surface area contributed by atoms with Crippen LogP contribution in [0.2, 0.25) is 0 Å². The van der Waals surface area contributed by atoms with Crippen LogP contribution >= 0.6 is 0 Å². The Balaban J connectivity index is 2.40. The number of pyridine rings is 1. The molecule has 102 valence electrons. The minimum atomic E-state index is -2.99. The van der Waals surface area contributed by atoms with Crippen LogP contribution in [0.25, 0.3) is 10.9 Å². The van der Waals surface area contributed by atoms with E-state index in [9.17, 15) is 8.42 Å². The minimum Gasteiger partial charge on any atom is -0.396 e. The first kappa shape index (κ1) is 13.6. The molecule has 0 aliphatic heterocycles. The summed E-state index contributed by atoms with van der Waals surface area (Å²) in [6.07, 6.45) is 2.84. The van der Waals surface area contributed by atoms with Gasteiger partial charge in [-0.05, 0) is 6.07 Å². The average molecular weight is 279 g/mol. The van der Waals surface area contributed by atoms with E-state index in [1.807, 2.05) is 36.2 Å². The number of anilines is 2. The van der Waals surface area contributed by atoms with Gasteiger partial charge < -0.3 is 10.6 Å². The van der Waals surface area contributed by atoms with Crippen LogP contribution < -0.4 is 10.6 Å². The number of benzene rings is 1. The van der Waals surface area contributed by atoms with Crippen molar-refractivity contribution in [2.45, 2.75) is 0 Å². The highest BCUT2D eigenvalue weighted by Crippen LogP contribution is 2.30. The van der Waals surface area contributed by atoms with E-state index < -0.39 is 9.84 Å². The molecule has 19 heavy (non-hydrogen) atoms. The molecular formula is C13H17N3O2S. The number of hydrogen-bond donors (Lipinski definition) is 1. The molecule has 0 saturated carbocycles. The van der Waals surface area contributed by atoms with Gasteiger partial charge in [0.05, 0.1) is 28.8 Å². The van der Waals surface area contributed by atoms with Crippen molar-refractivity contribution in [1.29, 1.82) is 0 Å². The van der Waals surface area contributed by atoms with E-state index in [2.05, 4.69) is 4.98 Å². The molecule has 1 aromatic heterocycles. The third kappa shape index (κ3) is 3.14. The maximum absolute atomic E-state index is 11.2. The molecule has 2 rings (SSSR count). The van der Waals surface area contributed by atoms with Crippen LogP contribution in [0.15, 0.2) is 30.5 Å². The lowest BCUT2D eigenvalue weighted by Crippen LogP contribution is -2.25. The number of nitrogen functional groups attached to an aromatic ring is 1. The molecule has 0 bridgehead atoms. The van der Waals surface area contributed by atoms with Gasteiger partial charge in [-0.2, -0.15) is 0 Å². The molecule has 0 amide bonds. The van der Waals surface area contributed by atoms with Crippen LogP contribution in [0.1, 0.15) is 0 Å². The Hall–Kier alpha value is -1.82. The van der Waals surface area contributed by atoms with E-state index in [0.717, 1.165) is 16.6 Å². The fraction of sp³-hybridized carbons (Fsp3) is 0.308. The van der Waals surface area contributed by atoms with Gasteiger partial charge in [-0.25, -0.2) is 8.42 Å². The second-order valence-corrected chi connectivity index (χ2v) is 6.89. The highest BCUT2D eigenvalue weighted by atomic mass is 32.2. The molecule has 0 spiro atoms. The fourth-order valence-corrected chi connectivity index (χ4v) is 2.59. The lowest BCUT2D eigenvalue weighted by atomic mass is 10.1. The SMILES string of the molecule is CN(CCS(C)(=O)=O)c1c(N)cnc2ccccc12. The lowest BCUT2D eigenvalue weighted by Gasteiger charge is -2.22. The minimum absolute atomic E-state index is 0.0968. The number of sulfone groups is 1. The summed E-state index contributed by atoms with van der Waals surface area (Å²) in [6, 6.07) is 7.66. The summed E-state index contributed by atoms with van der Waals surface area (Å²) >= 11 is 0. The maximum atomic E-state index is 11.2. The molecule has 5 nitrogen and oxygen atoms in total. The van der Waals surface area contributed by atoms with Gasteiger partial charge in [0.25, 0.3) is 0 Å². The Morgan fingerprint density at radius 1 is 1.32 bits per heavy atom. The van der Waals surface area contributed by atoms with Gasteiger partial charge in [0, 0.05) is 25.2 Å². The Bertz CT molecular complexity index is 698. The number of hydrogen-bond acceptors (Lipinski definition) is 5. The van der Waals surface area contributed by atoms with Gasteiger partial charge >= 0.3 is 0 Å². The standard InChI is InChI=1S/C13H17N3O2S/c1-16(7-8-19(2,17)18)13-10-5-3-4-6-12(10)15-9-11(13)14/h3-6,9H,7-8,14H2,1-2H3. The Morgan fingerprint density at radius 2 is 2.00 bits per heavy atom. The molecule has 0 unspecified atom stereocenters. The van der Waals surface area contributed by atoms with Gasteiger partial charge in [0.15, 0.2) is 0 Å². The molecule has 0 radical (unpaired) electrons. The summed E-state index contributed by atoms with van der Waals surface area (Å²) in [6.45, 7) is 0.400. The largest absolute Gasteiger partial charge is 0.396 e. The normalized spacial score (nSPS) is 11.7. The van der Waals surface area contributed by atoms with Crippen molar-refractivity contribution >= 4 is 32.1 Å². The Kier molecular flexibility index (Phi) is 3.61. The van der Waals surface area contributed by atoms with E-state index in [0.29, 0.717) is 12.2 Å². The summed E-state index contributed by atoms with van der Waals surface area (Å²) in [5.41, 5.74) is 8.20. The summed E-state index contributed by atoms with van der Waals surface area (Å²) < 4.78 is 22.5. The maximum Gasteiger partial charge on any atom is 0.149 e. The van der Waals surface area contributed by atoms with E-state index in [1.165, 1.54) is 6.26 Å². The molecule has 2 aromatic rings. The second kappa shape index (κ2) is 5.05. The number of fused-ring (bicyclic) bond motifs is 1. The fourth-order valence-electron chi connectivity index (χ4n) is 1.98. The summed E-state index contributed by atoms with van der Waals surface area (Å²) in [5.74, 6) is 0.0968. The van der Waals surface area contributed by atoms with Crippen molar-refractivity contribution in [3.63, 3.8) is 0 Å². The van der Waals surface area contributed by atoms with Crippen LogP contribution in [0.3, 0.4) is 0 Å². The molecule has 6 heteroatoms.